The number of carbonyl (C=O) groups is 3. The van der Waals surface area contributed by atoms with E-state index in [-0.39, 0.29) is 36.8 Å². The van der Waals surface area contributed by atoms with Crippen molar-refractivity contribution in [2.24, 2.45) is 17.8 Å². The van der Waals surface area contributed by atoms with E-state index in [1.165, 1.54) is 0 Å². The normalized spacial score (nSPS) is 28.2. The molecule has 2 fully saturated rings. The lowest BCUT2D eigenvalue weighted by Crippen LogP contribution is -2.59. The van der Waals surface area contributed by atoms with Gasteiger partial charge in [-0.2, -0.15) is 0 Å². The number of likely N-dealkylation sites (tertiary alicyclic amines) is 1. The van der Waals surface area contributed by atoms with E-state index in [2.05, 4.69) is 0 Å². The Morgan fingerprint density at radius 1 is 0.894 bits per heavy atom. The minimum Gasteiger partial charge on any atom is -0.494 e. The minimum atomic E-state index is -1.39. The molecule has 1 unspecified atom stereocenters. The summed E-state index contributed by atoms with van der Waals surface area (Å²) in [4.78, 5) is 49.2. The van der Waals surface area contributed by atoms with Crippen LogP contribution in [0.1, 0.15) is 27.2 Å². The van der Waals surface area contributed by atoms with E-state index in [0.29, 0.717) is 36.7 Å². The smallest absolute Gasteiger partial charge is 0.253 e. The van der Waals surface area contributed by atoms with Gasteiger partial charge in [0.05, 0.1) is 37.2 Å². The van der Waals surface area contributed by atoms with Crippen LogP contribution < -0.4 is 14.5 Å². The molecule has 9 nitrogen and oxygen atoms in total. The third kappa shape index (κ3) is 4.95. The van der Waals surface area contributed by atoms with Crippen molar-refractivity contribution in [3.63, 3.8) is 0 Å². The van der Waals surface area contributed by atoms with E-state index < -0.39 is 35.6 Å². The second kappa shape index (κ2) is 12.3. The van der Waals surface area contributed by atoms with Crippen molar-refractivity contribution in [2.45, 2.75) is 51.0 Å². The summed E-state index contributed by atoms with van der Waals surface area (Å²) < 4.78 is 12.5. The zero-order valence-electron chi connectivity index (χ0n) is 27.0. The van der Waals surface area contributed by atoms with E-state index >= 15 is 0 Å². The fraction of sp³-hybridized carbons (Fsp3) is 0.395. The molecule has 7 atom stereocenters. The first-order chi connectivity index (χ1) is 22.8. The maximum atomic E-state index is 14.9. The number of hydrogen-bond acceptors (Lipinski definition) is 6. The molecule has 4 aliphatic rings. The van der Waals surface area contributed by atoms with E-state index in [4.69, 9.17) is 9.47 Å². The standard InChI is InChI=1S/C38H41N3O6/c1-4-24(3)30(23-42)41-34-37(45)40(28-14-13-25-10-6-7-11-26(25)22-28)21-9-19-38(34)33(36(41)44)32-31(47-38)12-8-20-39(35(32)43)27-15-17-29(18-16-27)46-5-2/h6-19,22,24,30-34,42H,4-5,20-21,23H2,1-3H3/t24-,30-,31+,32-,33-,34?,38-/m0/s1. The Hall–Kier alpha value is -4.47. The average molecular weight is 636 g/mol. The first-order valence-electron chi connectivity index (χ1n) is 16.6. The van der Waals surface area contributed by atoms with E-state index in [1.807, 2.05) is 112 Å². The van der Waals surface area contributed by atoms with E-state index in [0.717, 1.165) is 10.8 Å². The molecule has 7 rings (SSSR count). The predicted molar refractivity (Wildman–Crippen MR) is 180 cm³/mol. The maximum absolute atomic E-state index is 14.9. The van der Waals surface area contributed by atoms with Gasteiger partial charge in [-0.15, -0.1) is 0 Å². The summed E-state index contributed by atoms with van der Waals surface area (Å²) in [6, 6.07) is 19.5. The fourth-order valence-corrected chi connectivity index (χ4v) is 7.95. The molecule has 0 aliphatic carbocycles. The van der Waals surface area contributed by atoms with Crippen LogP contribution in [-0.2, 0) is 19.1 Å². The topological polar surface area (TPSA) is 99.6 Å². The van der Waals surface area contributed by atoms with Crippen LogP contribution in [0.4, 0.5) is 11.4 Å². The highest BCUT2D eigenvalue weighted by Gasteiger charge is 2.72. The van der Waals surface area contributed by atoms with Gasteiger partial charge in [-0.05, 0) is 60.0 Å². The van der Waals surface area contributed by atoms with Gasteiger partial charge in [0.15, 0.2) is 0 Å². The average Bonchev–Trinajstić information content (AvgIpc) is 3.40. The Balaban J connectivity index is 1.32. The summed E-state index contributed by atoms with van der Waals surface area (Å²) in [6.45, 7) is 6.71. The number of benzene rings is 3. The van der Waals surface area contributed by atoms with Crippen LogP contribution in [0.5, 0.6) is 5.75 Å². The van der Waals surface area contributed by atoms with Crippen LogP contribution in [0.15, 0.2) is 91.0 Å². The van der Waals surface area contributed by atoms with Crippen molar-refractivity contribution in [3.05, 3.63) is 91.0 Å². The molecule has 0 bridgehead atoms. The van der Waals surface area contributed by atoms with Gasteiger partial charge in [-0.25, -0.2) is 0 Å². The molecule has 47 heavy (non-hydrogen) atoms. The van der Waals surface area contributed by atoms with Crippen molar-refractivity contribution in [2.75, 3.05) is 36.1 Å². The number of rotatable bonds is 8. The minimum absolute atomic E-state index is 0.102. The van der Waals surface area contributed by atoms with Gasteiger partial charge in [-0.3, -0.25) is 14.4 Å². The van der Waals surface area contributed by atoms with Crippen molar-refractivity contribution < 1.29 is 29.0 Å². The monoisotopic (exact) mass is 635 g/mol. The lowest BCUT2D eigenvalue weighted by atomic mass is 9.77. The molecular formula is C38H41N3O6. The van der Waals surface area contributed by atoms with Crippen LogP contribution in [0.2, 0.25) is 0 Å². The highest BCUT2D eigenvalue weighted by atomic mass is 16.5. The lowest BCUT2D eigenvalue weighted by molar-refractivity contribution is -0.145. The molecular weight excluding hydrogens is 594 g/mol. The first-order valence-corrected chi connectivity index (χ1v) is 16.6. The van der Waals surface area contributed by atoms with Crippen LogP contribution in [0.3, 0.4) is 0 Å². The van der Waals surface area contributed by atoms with E-state index in [9.17, 15) is 19.5 Å². The molecule has 1 N–H and O–H groups in total. The number of aliphatic hydroxyl groups excluding tert-OH is 1. The molecule has 0 aromatic heterocycles. The van der Waals surface area contributed by atoms with Crippen LogP contribution >= 0.6 is 0 Å². The second-order valence-electron chi connectivity index (χ2n) is 12.9. The fourth-order valence-electron chi connectivity index (χ4n) is 7.95. The molecule has 1 spiro atoms. The number of ether oxygens (including phenoxy) is 2. The van der Waals surface area contributed by atoms with Gasteiger partial charge < -0.3 is 29.3 Å². The number of amides is 3. The third-order valence-electron chi connectivity index (χ3n) is 10.4. The SMILES string of the molecule is CCOc1ccc(N2CC=C[C@H]3O[C@]45C=CCN(c6ccc7ccccc7c6)C(=O)C4N([C@@H](CO)[C@@H](C)CC)C(=O)[C@@H]5[C@H]3C2=O)cc1. The number of anilines is 2. The summed E-state index contributed by atoms with van der Waals surface area (Å²) >= 11 is 0. The number of aliphatic hydroxyl groups is 1. The van der Waals surface area contributed by atoms with E-state index in [1.54, 1.807) is 14.7 Å². The van der Waals surface area contributed by atoms with Crippen molar-refractivity contribution in [1.29, 1.82) is 0 Å². The predicted octanol–water partition coefficient (Wildman–Crippen LogP) is 4.73. The molecule has 2 saturated heterocycles. The van der Waals surface area contributed by atoms with Gasteiger partial charge in [-0.1, -0.05) is 74.9 Å². The Bertz CT molecular complexity index is 1750. The van der Waals surface area contributed by atoms with Crippen LogP contribution in [0, 0.1) is 17.8 Å². The summed E-state index contributed by atoms with van der Waals surface area (Å²) in [5, 5.41) is 12.8. The Labute approximate surface area is 275 Å². The van der Waals surface area contributed by atoms with Crippen LogP contribution in [-0.4, -0.2) is 77.8 Å². The number of carbonyl (C=O) groups excluding carboxylic acids is 3. The first kappa shape index (κ1) is 31.1. The Morgan fingerprint density at radius 3 is 2.32 bits per heavy atom. The Kier molecular flexibility index (Phi) is 8.14. The largest absolute Gasteiger partial charge is 0.494 e. The highest BCUT2D eigenvalue weighted by molar-refractivity contribution is 6.08. The van der Waals surface area contributed by atoms with Crippen molar-refractivity contribution in [1.82, 2.24) is 4.90 Å². The number of fused-ring (bicyclic) bond motifs is 3. The van der Waals surface area contributed by atoms with Gasteiger partial charge in [0.1, 0.15) is 17.4 Å². The maximum Gasteiger partial charge on any atom is 0.253 e. The molecule has 3 aromatic carbocycles. The summed E-state index contributed by atoms with van der Waals surface area (Å²) in [6.07, 6.45) is 7.49. The van der Waals surface area contributed by atoms with Gasteiger partial charge in [0, 0.05) is 24.5 Å². The molecule has 3 aromatic rings. The zero-order valence-corrected chi connectivity index (χ0v) is 27.0. The second-order valence-corrected chi connectivity index (χ2v) is 12.9. The molecule has 4 heterocycles. The molecule has 0 saturated carbocycles. The lowest BCUT2D eigenvalue weighted by Gasteiger charge is -2.40. The zero-order chi connectivity index (χ0) is 32.9. The molecule has 4 aliphatic heterocycles. The Morgan fingerprint density at radius 2 is 1.60 bits per heavy atom. The van der Waals surface area contributed by atoms with Crippen LogP contribution in [0.25, 0.3) is 10.8 Å². The quantitative estimate of drug-likeness (QED) is 0.360. The number of nitrogens with zero attached hydrogens (tertiary/aromatic N) is 3. The van der Waals surface area contributed by atoms with Gasteiger partial charge in [0.25, 0.3) is 5.91 Å². The van der Waals surface area contributed by atoms with Crippen molar-refractivity contribution in [3.8, 4) is 5.75 Å². The highest BCUT2D eigenvalue weighted by Crippen LogP contribution is 2.54. The van der Waals surface area contributed by atoms with Gasteiger partial charge >= 0.3 is 0 Å². The third-order valence-corrected chi connectivity index (χ3v) is 10.4. The molecule has 9 heteroatoms. The molecule has 244 valence electrons. The summed E-state index contributed by atoms with van der Waals surface area (Å²) in [5.74, 6) is -2.07. The van der Waals surface area contributed by atoms with Crippen molar-refractivity contribution >= 4 is 39.9 Å². The summed E-state index contributed by atoms with van der Waals surface area (Å²) in [5.41, 5.74) is 0.00390. The molecule has 0 radical (unpaired) electrons. The summed E-state index contributed by atoms with van der Waals surface area (Å²) in [7, 11) is 0. The van der Waals surface area contributed by atoms with Gasteiger partial charge in [0.2, 0.25) is 11.8 Å². The molecule has 3 amide bonds. The number of hydrogen-bond donors (Lipinski definition) is 1.